The van der Waals surface area contributed by atoms with Crippen molar-refractivity contribution < 1.29 is 9.59 Å². The van der Waals surface area contributed by atoms with Crippen LogP contribution in [-0.4, -0.2) is 24.1 Å². The molecule has 0 saturated carbocycles. The molecule has 25 heavy (non-hydrogen) atoms. The number of rotatable bonds is 6. The van der Waals surface area contributed by atoms with Gasteiger partial charge in [0.1, 0.15) is 6.42 Å². The Hall–Kier alpha value is -2.98. The van der Waals surface area contributed by atoms with Crippen LogP contribution in [0, 0.1) is 11.3 Å². The van der Waals surface area contributed by atoms with Gasteiger partial charge in [0.15, 0.2) is 0 Å². The summed E-state index contributed by atoms with van der Waals surface area (Å²) in [6.07, 6.45) is -0.283. The predicted molar refractivity (Wildman–Crippen MR) is 97.8 cm³/mol. The average Bonchev–Trinajstić information content (AvgIpc) is 2.63. The van der Waals surface area contributed by atoms with Crippen molar-refractivity contribution in [2.75, 3.05) is 6.54 Å². The van der Waals surface area contributed by atoms with E-state index in [1.165, 1.54) is 0 Å². The Labute approximate surface area is 153 Å². The van der Waals surface area contributed by atoms with Crippen molar-refractivity contribution in [1.82, 2.24) is 10.7 Å². The van der Waals surface area contributed by atoms with Crippen molar-refractivity contribution in [3.05, 3.63) is 70.2 Å². The van der Waals surface area contributed by atoms with E-state index in [-0.39, 0.29) is 18.9 Å². The van der Waals surface area contributed by atoms with Crippen molar-refractivity contribution in [2.24, 2.45) is 5.10 Å². The molecule has 0 saturated heterocycles. The fourth-order valence-electron chi connectivity index (χ4n) is 1.98. The lowest BCUT2D eigenvalue weighted by Gasteiger charge is -2.10. The summed E-state index contributed by atoms with van der Waals surface area (Å²) in [6.45, 7) is 0.122. The second-order valence-electron chi connectivity index (χ2n) is 4.96. The number of carbonyl (C=O) groups excluding carboxylic acids is 2. The highest BCUT2D eigenvalue weighted by Gasteiger charge is 2.11. The summed E-state index contributed by atoms with van der Waals surface area (Å²) in [5, 5.41) is 15.3. The summed E-state index contributed by atoms with van der Waals surface area (Å²) >= 11 is 3.34. The molecule has 0 aliphatic rings. The van der Waals surface area contributed by atoms with Gasteiger partial charge in [0.25, 0.3) is 11.8 Å². The van der Waals surface area contributed by atoms with E-state index in [0.29, 0.717) is 15.7 Å². The normalized spacial score (nSPS) is 10.6. The minimum atomic E-state index is -0.506. The first kappa shape index (κ1) is 18.4. The quantitative estimate of drug-likeness (QED) is 0.578. The molecule has 0 heterocycles. The van der Waals surface area contributed by atoms with Crippen molar-refractivity contribution in [3.63, 3.8) is 0 Å². The molecule has 2 aromatic rings. The average molecular weight is 399 g/mol. The summed E-state index contributed by atoms with van der Waals surface area (Å²) < 4.78 is 0.688. The van der Waals surface area contributed by atoms with Gasteiger partial charge in [-0.1, -0.05) is 42.5 Å². The third-order valence-electron chi connectivity index (χ3n) is 3.20. The van der Waals surface area contributed by atoms with E-state index in [1.807, 2.05) is 36.4 Å². The van der Waals surface area contributed by atoms with Crippen LogP contribution in [0.5, 0.6) is 0 Å². The highest BCUT2D eigenvalue weighted by atomic mass is 79.9. The first-order chi connectivity index (χ1) is 12.1. The fraction of sp³-hybridized carbons (Fsp3) is 0.111. The Morgan fingerprint density at radius 1 is 1.08 bits per heavy atom. The second kappa shape index (κ2) is 9.35. The van der Waals surface area contributed by atoms with Crippen LogP contribution in [-0.2, 0) is 4.79 Å². The Morgan fingerprint density at radius 2 is 1.76 bits per heavy atom. The number of hydrazone groups is 1. The van der Waals surface area contributed by atoms with Crippen LogP contribution in [0.3, 0.4) is 0 Å². The van der Waals surface area contributed by atoms with Crippen molar-refractivity contribution in [3.8, 4) is 6.07 Å². The third-order valence-corrected chi connectivity index (χ3v) is 3.89. The first-order valence-corrected chi connectivity index (χ1v) is 8.21. The molecule has 6 nitrogen and oxygen atoms in total. The lowest BCUT2D eigenvalue weighted by atomic mass is 10.1. The summed E-state index contributed by atoms with van der Waals surface area (Å²) in [4.78, 5) is 23.8. The second-order valence-corrected chi connectivity index (χ2v) is 5.81. The lowest BCUT2D eigenvalue weighted by Crippen LogP contribution is -2.32. The number of halogens is 1. The zero-order valence-electron chi connectivity index (χ0n) is 13.2. The van der Waals surface area contributed by atoms with Gasteiger partial charge in [0, 0.05) is 4.47 Å². The smallest absolute Gasteiger partial charge is 0.254 e. The van der Waals surface area contributed by atoms with E-state index in [1.54, 1.807) is 24.3 Å². The highest BCUT2D eigenvalue weighted by molar-refractivity contribution is 9.10. The molecule has 0 radical (unpaired) electrons. The molecular formula is C18H15BrN4O2. The van der Waals surface area contributed by atoms with Crippen molar-refractivity contribution in [1.29, 1.82) is 5.26 Å². The zero-order chi connectivity index (χ0) is 18.1. The summed E-state index contributed by atoms with van der Waals surface area (Å²) in [5.74, 6) is -0.771. The fourth-order valence-corrected chi connectivity index (χ4v) is 2.45. The summed E-state index contributed by atoms with van der Waals surface area (Å²) in [7, 11) is 0. The maximum absolute atomic E-state index is 12.3. The molecule has 2 amide bonds. The van der Waals surface area contributed by atoms with Crippen LogP contribution in [0.4, 0.5) is 0 Å². The number of nitriles is 1. The molecule has 7 heteroatoms. The van der Waals surface area contributed by atoms with Gasteiger partial charge in [-0.3, -0.25) is 9.59 Å². The minimum Gasteiger partial charge on any atom is -0.346 e. The Kier molecular flexibility index (Phi) is 6.87. The van der Waals surface area contributed by atoms with Gasteiger partial charge in [0.05, 0.1) is 23.9 Å². The molecule has 2 rings (SSSR count). The Balaban J connectivity index is 2.12. The van der Waals surface area contributed by atoms with Gasteiger partial charge in [-0.2, -0.15) is 10.4 Å². The maximum Gasteiger partial charge on any atom is 0.254 e. The van der Waals surface area contributed by atoms with E-state index >= 15 is 0 Å². The predicted octanol–water partition coefficient (Wildman–Crippen LogP) is 2.61. The summed E-state index contributed by atoms with van der Waals surface area (Å²) in [5.41, 5.74) is 4.06. The van der Waals surface area contributed by atoms with Crippen LogP contribution in [0.25, 0.3) is 0 Å². The molecule has 0 atom stereocenters. The van der Waals surface area contributed by atoms with Crippen LogP contribution >= 0.6 is 15.9 Å². The van der Waals surface area contributed by atoms with Crippen molar-refractivity contribution in [2.45, 2.75) is 6.42 Å². The molecule has 0 aromatic heterocycles. The molecule has 0 bridgehead atoms. The Bertz CT molecular complexity index is 828. The molecule has 126 valence electrons. The summed E-state index contributed by atoms with van der Waals surface area (Å²) in [6, 6.07) is 18.0. The van der Waals surface area contributed by atoms with Crippen LogP contribution in [0.1, 0.15) is 22.3 Å². The highest BCUT2D eigenvalue weighted by Crippen LogP contribution is 2.15. The van der Waals surface area contributed by atoms with Crippen LogP contribution in [0.2, 0.25) is 0 Å². The topological polar surface area (TPSA) is 94.3 Å². The van der Waals surface area contributed by atoms with Crippen LogP contribution in [0.15, 0.2) is 64.2 Å². The van der Waals surface area contributed by atoms with E-state index in [0.717, 1.165) is 5.56 Å². The van der Waals surface area contributed by atoms with Gasteiger partial charge in [-0.25, -0.2) is 5.43 Å². The monoisotopic (exact) mass is 398 g/mol. The Morgan fingerprint density at radius 3 is 2.44 bits per heavy atom. The lowest BCUT2D eigenvalue weighted by molar-refractivity contribution is -0.120. The number of hydrogen-bond acceptors (Lipinski definition) is 4. The van der Waals surface area contributed by atoms with Gasteiger partial charge in [0.2, 0.25) is 0 Å². The van der Waals surface area contributed by atoms with Crippen molar-refractivity contribution >= 4 is 33.5 Å². The number of benzene rings is 2. The standard InChI is InChI=1S/C18H15BrN4O2/c19-15-9-5-4-8-14(15)18(25)21-12-16(13-6-2-1-3-7-13)22-23-17(24)10-11-20/h1-9H,10,12H2,(H,21,25)(H,23,24)/b22-16+. The minimum absolute atomic E-state index is 0.122. The van der Waals surface area contributed by atoms with Gasteiger partial charge >= 0.3 is 0 Å². The van der Waals surface area contributed by atoms with E-state index in [9.17, 15) is 9.59 Å². The van der Waals surface area contributed by atoms with Gasteiger partial charge in [-0.05, 0) is 33.6 Å². The molecule has 2 N–H and O–H groups in total. The molecule has 0 unspecified atom stereocenters. The molecular weight excluding hydrogens is 384 g/mol. The number of amides is 2. The third kappa shape index (κ3) is 5.55. The molecule has 0 aliphatic heterocycles. The SMILES string of the molecule is N#CCC(=O)N/N=C(\CNC(=O)c1ccccc1Br)c1ccccc1. The first-order valence-electron chi connectivity index (χ1n) is 7.42. The maximum atomic E-state index is 12.3. The number of carbonyl (C=O) groups is 2. The molecule has 0 spiro atoms. The number of nitrogens with zero attached hydrogens (tertiary/aromatic N) is 2. The molecule has 0 aliphatic carbocycles. The van der Waals surface area contributed by atoms with E-state index < -0.39 is 5.91 Å². The number of nitrogens with one attached hydrogen (secondary N) is 2. The van der Waals surface area contributed by atoms with Gasteiger partial charge < -0.3 is 5.32 Å². The molecule has 2 aromatic carbocycles. The zero-order valence-corrected chi connectivity index (χ0v) is 14.8. The number of hydrogen-bond donors (Lipinski definition) is 2. The van der Waals surface area contributed by atoms with E-state index in [2.05, 4.69) is 31.8 Å². The molecule has 0 fully saturated rings. The van der Waals surface area contributed by atoms with E-state index in [4.69, 9.17) is 5.26 Å². The van der Waals surface area contributed by atoms with Gasteiger partial charge in [-0.15, -0.1) is 0 Å². The van der Waals surface area contributed by atoms with Crippen LogP contribution < -0.4 is 10.7 Å². The largest absolute Gasteiger partial charge is 0.346 e.